The van der Waals surface area contributed by atoms with Gasteiger partial charge in [-0.1, -0.05) is 17.7 Å². The van der Waals surface area contributed by atoms with E-state index in [9.17, 15) is 0 Å². The van der Waals surface area contributed by atoms with Crippen molar-refractivity contribution in [3.05, 3.63) is 53.7 Å². The zero-order chi connectivity index (χ0) is 21.1. The molecule has 7 heteroatoms. The Hall–Kier alpha value is -3.48. The molecular weight excluding hydrogens is 380 g/mol. The SMILES string of the molecule is COc1cc(Nc2nccc(N3CCCc4cc(C)ccc43)n2)cc(OC)c1OC. The fourth-order valence-electron chi connectivity index (χ4n) is 3.81. The van der Waals surface area contributed by atoms with Crippen LogP contribution in [0.15, 0.2) is 42.6 Å². The molecule has 0 saturated carbocycles. The van der Waals surface area contributed by atoms with Crippen molar-refractivity contribution >= 4 is 23.1 Å². The van der Waals surface area contributed by atoms with Crippen molar-refractivity contribution in [2.45, 2.75) is 19.8 Å². The van der Waals surface area contributed by atoms with E-state index in [0.717, 1.165) is 30.9 Å². The number of nitrogens with one attached hydrogen (secondary N) is 1. The zero-order valence-electron chi connectivity index (χ0n) is 17.7. The van der Waals surface area contributed by atoms with Crippen LogP contribution in [-0.2, 0) is 6.42 Å². The summed E-state index contributed by atoms with van der Waals surface area (Å²) in [5.41, 5.74) is 4.60. The minimum absolute atomic E-state index is 0.501. The van der Waals surface area contributed by atoms with Gasteiger partial charge in [-0.3, -0.25) is 0 Å². The second-order valence-electron chi connectivity index (χ2n) is 7.16. The van der Waals surface area contributed by atoms with Crippen molar-refractivity contribution in [1.82, 2.24) is 9.97 Å². The number of benzene rings is 2. The summed E-state index contributed by atoms with van der Waals surface area (Å²) >= 11 is 0. The van der Waals surface area contributed by atoms with Gasteiger partial charge in [0.2, 0.25) is 11.7 Å². The van der Waals surface area contributed by atoms with Gasteiger partial charge in [0.1, 0.15) is 5.82 Å². The van der Waals surface area contributed by atoms with Gasteiger partial charge in [-0.25, -0.2) is 4.98 Å². The second-order valence-corrected chi connectivity index (χ2v) is 7.16. The van der Waals surface area contributed by atoms with E-state index in [2.05, 4.69) is 40.3 Å². The fraction of sp³-hybridized carbons (Fsp3) is 0.304. The molecule has 0 aliphatic carbocycles. The Balaban J connectivity index is 1.64. The molecule has 0 unspecified atom stereocenters. The molecule has 1 N–H and O–H groups in total. The molecule has 0 fully saturated rings. The highest BCUT2D eigenvalue weighted by Crippen LogP contribution is 2.40. The Kier molecular flexibility index (Phi) is 5.61. The van der Waals surface area contributed by atoms with Gasteiger partial charge in [-0.05, 0) is 37.5 Å². The van der Waals surface area contributed by atoms with Gasteiger partial charge in [-0.2, -0.15) is 4.98 Å². The highest BCUT2D eigenvalue weighted by molar-refractivity contribution is 5.69. The maximum atomic E-state index is 5.43. The highest BCUT2D eigenvalue weighted by atomic mass is 16.5. The van der Waals surface area contributed by atoms with Crippen LogP contribution < -0.4 is 24.4 Å². The summed E-state index contributed by atoms with van der Waals surface area (Å²) in [6, 6.07) is 12.2. The fourth-order valence-corrected chi connectivity index (χ4v) is 3.81. The molecule has 1 aliphatic rings. The number of anilines is 4. The van der Waals surface area contributed by atoms with E-state index in [1.54, 1.807) is 27.5 Å². The lowest BCUT2D eigenvalue weighted by Crippen LogP contribution is -2.25. The van der Waals surface area contributed by atoms with E-state index in [-0.39, 0.29) is 0 Å². The molecule has 1 aromatic heterocycles. The number of hydrogen-bond acceptors (Lipinski definition) is 7. The third kappa shape index (κ3) is 3.83. The van der Waals surface area contributed by atoms with Crippen molar-refractivity contribution in [1.29, 1.82) is 0 Å². The van der Waals surface area contributed by atoms with Crippen molar-refractivity contribution in [2.24, 2.45) is 0 Å². The first kappa shape index (κ1) is 19.8. The Morgan fingerprint density at radius 2 is 1.73 bits per heavy atom. The average molecular weight is 406 g/mol. The zero-order valence-corrected chi connectivity index (χ0v) is 17.7. The Bertz CT molecular complexity index is 1030. The normalized spacial score (nSPS) is 12.9. The number of rotatable bonds is 6. The summed E-state index contributed by atoms with van der Waals surface area (Å²) in [7, 11) is 4.76. The van der Waals surface area contributed by atoms with E-state index in [1.807, 2.05) is 18.2 Å². The summed E-state index contributed by atoms with van der Waals surface area (Å²) in [4.78, 5) is 11.4. The summed E-state index contributed by atoms with van der Waals surface area (Å²) in [6.07, 6.45) is 3.95. The van der Waals surface area contributed by atoms with Crippen LogP contribution in [0.4, 0.5) is 23.1 Å². The largest absolute Gasteiger partial charge is 0.493 e. The predicted molar refractivity (Wildman–Crippen MR) is 118 cm³/mol. The number of fused-ring (bicyclic) bond motifs is 1. The molecule has 0 spiro atoms. The lowest BCUT2D eigenvalue weighted by molar-refractivity contribution is 0.324. The smallest absolute Gasteiger partial charge is 0.229 e. The molecule has 0 amide bonds. The maximum absolute atomic E-state index is 5.43. The Morgan fingerprint density at radius 1 is 0.967 bits per heavy atom. The standard InChI is InChI=1S/C23H26N4O3/c1-15-7-8-18-16(12-15)6-5-11-27(18)21-9-10-24-23(26-21)25-17-13-19(28-2)22(30-4)20(14-17)29-3/h7-10,12-14H,5-6,11H2,1-4H3,(H,24,25,26). The van der Waals surface area contributed by atoms with E-state index in [1.165, 1.54) is 16.8 Å². The van der Waals surface area contributed by atoms with E-state index in [0.29, 0.717) is 23.2 Å². The van der Waals surface area contributed by atoms with Gasteiger partial charge >= 0.3 is 0 Å². The van der Waals surface area contributed by atoms with Crippen LogP contribution in [0.1, 0.15) is 17.5 Å². The molecule has 156 valence electrons. The minimum Gasteiger partial charge on any atom is -0.493 e. The molecule has 30 heavy (non-hydrogen) atoms. The van der Waals surface area contributed by atoms with Crippen LogP contribution in [0, 0.1) is 6.92 Å². The lowest BCUT2D eigenvalue weighted by atomic mass is 9.99. The van der Waals surface area contributed by atoms with Crippen molar-refractivity contribution in [2.75, 3.05) is 38.1 Å². The Labute approximate surface area is 176 Å². The van der Waals surface area contributed by atoms with Crippen molar-refractivity contribution in [3.8, 4) is 17.2 Å². The molecule has 2 aromatic carbocycles. The molecule has 0 atom stereocenters. The number of hydrogen-bond donors (Lipinski definition) is 1. The van der Waals surface area contributed by atoms with Gasteiger partial charge in [-0.15, -0.1) is 0 Å². The van der Waals surface area contributed by atoms with Crippen LogP contribution in [0.3, 0.4) is 0 Å². The van der Waals surface area contributed by atoms with Crippen LogP contribution in [0.25, 0.3) is 0 Å². The van der Waals surface area contributed by atoms with Crippen LogP contribution in [-0.4, -0.2) is 37.8 Å². The molecule has 4 rings (SSSR count). The first-order chi connectivity index (χ1) is 14.6. The van der Waals surface area contributed by atoms with Gasteiger partial charge in [0, 0.05) is 36.2 Å². The lowest BCUT2D eigenvalue weighted by Gasteiger charge is -2.30. The third-order valence-corrected chi connectivity index (χ3v) is 5.19. The molecule has 2 heterocycles. The molecule has 0 bridgehead atoms. The quantitative estimate of drug-likeness (QED) is 0.640. The molecule has 0 saturated heterocycles. The third-order valence-electron chi connectivity index (χ3n) is 5.19. The van der Waals surface area contributed by atoms with Crippen molar-refractivity contribution in [3.63, 3.8) is 0 Å². The van der Waals surface area contributed by atoms with E-state index >= 15 is 0 Å². The molecule has 1 aliphatic heterocycles. The first-order valence-corrected chi connectivity index (χ1v) is 9.90. The summed E-state index contributed by atoms with van der Waals surface area (Å²) in [5, 5.41) is 3.25. The van der Waals surface area contributed by atoms with E-state index < -0.39 is 0 Å². The van der Waals surface area contributed by atoms with Crippen LogP contribution in [0.5, 0.6) is 17.2 Å². The summed E-state index contributed by atoms with van der Waals surface area (Å²) in [5.74, 6) is 3.04. The summed E-state index contributed by atoms with van der Waals surface area (Å²) < 4.78 is 16.2. The van der Waals surface area contributed by atoms with E-state index in [4.69, 9.17) is 19.2 Å². The molecule has 3 aromatic rings. The topological polar surface area (TPSA) is 68.7 Å². The van der Waals surface area contributed by atoms with Gasteiger partial charge < -0.3 is 24.4 Å². The monoisotopic (exact) mass is 406 g/mol. The number of ether oxygens (including phenoxy) is 3. The highest BCUT2D eigenvalue weighted by Gasteiger charge is 2.20. The molecule has 0 radical (unpaired) electrons. The van der Waals surface area contributed by atoms with Crippen molar-refractivity contribution < 1.29 is 14.2 Å². The minimum atomic E-state index is 0.501. The van der Waals surface area contributed by atoms with Gasteiger partial charge in [0.15, 0.2) is 11.5 Å². The molecule has 7 nitrogen and oxygen atoms in total. The van der Waals surface area contributed by atoms with Gasteiger partial charge in [0.25, 0.3) is 0 Å². The number of aryl methyl sites for hydroxylation is 2. The number of methoxy groups -OCH3 is 3. The first-order valence-electron chi connectivity index (χ1n) is 9.90. The predicted octanol–water partition coefficient (Wildman–Crippen LogP) is 4.64. The second kappa shape index (κ2) is 8.49. The molecular formula is C23H26N4O3. The van der Waals surface area contributed by atoms with Gasteiger partial charge in [0.05, 0.1) is 21.3 Å². The van der Waals surface area contributed by atoms with Crippen LogP contribution in [0.2, 0.25) is 0 Å². The number of aromatic nitrogens is 2. The maximum Gasteiger partial charge on any atom is 0.229 e. The Morgan fingerprint density at radius 3 is 2.43 bits per heavy atom. The average Bonchev–Trinajstić information content (AvgIpc) is 2.77. The number of nitrogens with zero attached hydrogens (tertiary/aromatic N) is 3. The van der Waals surface area contributed by atoms with Crippen LogP contribution >= 0.6 is 0 Å². The summed E-state index contributed by atoms with van der Waals surface area (Å²) in [6.45, 7) is 3.06.